The van der Waals surface area contributed by atoms with E-state index in [-0.39, 0.29) is 24.8 Å². The van der Waals surface area contributed by atoms with Gasteiger partial charge >= 0.3 is 0 Å². The third-order valence-electron chi connectivity index (χ3n) is 5.20. The number of amides is 2. The predicted octanol–water partition coefficient (Wildman–Crippen LogP) is 1.18. The lowest BCUT2D eigenvalue weighted by Gasteiger charge is -2.34. The number of carbonyl (C=O) groups excluding carboxylic acids is 2. The fourth-order valence-electron chi connectivity index (χ4n) is 3.44. The van der Waals surface area contributed by atoms with Crippen molar-refractivity contribution in [3.05, 3.63) is 46.5 Å². The van der Waals surface area contributed by atoms with E-state index in [9.17, 15) is 14.0 Å². The number of halogens is 1. The highest BCUT2D eigenvalue weighted by Crippen LogP contribution is 2.20. The number of aromatic nitrogens is 2. The second-order valence-electron chi connectivity index (χ2n) is 7.13. The molecule has 2 amide bonds. The average Bonchev–Trinajstić information content (AvgIpc) is 3.02. The van der Waals surface area contributed by atoms with Crippen molar-refractivity contribution in [2.24, 2.45) is 0 Å². The van der Waals surface area contributed by atoms with Crippen LogP contribution in [0.4, 0.5) is 4.39 Å². The number of ether oxygens (including phenoxy) is 1. The molecule has 3 rings (SSSR count). The lowest BCUT2D eigenvalue weighted by molar-refractivity contribution is -0.134. The molecule has 9 heteroatoms. The fourth-order valence-corrected chi connectivity index (χ4v) is 3.44. The minimum absolute atomic E-state index is 0.000443. The van der Waals surface area contributed by atoms with Crippen LogP contribution in [0.1, 0.15) is 28.9 Å². The number of aryl methyl sites for hydroxylation is 2. The van der Waals surface area contributed by atoms with E-state index in [1.807, 2.05) is 18.7 Å². The summed E-state index contributed by atoms with van der Waals surface area (Å²) < 4.78 is 19.4. The molecule has 0 saturated carbocycles. The van der Waals surface area contributed by atoms with Gasteiger partial charge in [0.1, 0.15) is 11.6 Å². The zero-order valence-electron chi connectivity index (χ0n) is 16.8. The van der Waals surface area contributed by atoms with E-state index >= 15 is 0 Å². The Morgan fingerprint density at radius 2 is 2.21 bits per heavy atom. The summed E-state index contributed by atoms with van der Waals surface area (Å²) in [5.74, 6) is -0.434. The monoisotopic (exact) mass is 403 g/mol. The van der Waals surface area contributed by atoms with Gasteiger partial charge in [-0.2, -0.15) is 5.10 Å². The Bertz CT molecular complexity index is 879. The first-order valence-corrected chi connectivity index (χ1v) is 9.50. The molecule has 2 aromatic rings. The third kappa shape index (κ3) is 4.92. The van der Waals surface area contributed by atoms with Gasteiger partial charge in [0.25, 0.3) is 0 Å². The number of hydrogen-bond donors (Lipinski definition) is 3. The van der Waals surface area contributed by atoms with E-state index < -0.39 is 11.9 Å². The van der Waals surface area contributed by atoms with Crippen LogP contribution in [0.25, 0.3) is 0 Å². The highest BCUT2D eigenvalue weighted by Gasteiger charge is 2.32. The standard InChI is InChI=1S/C20H26FN5O3/c1-12-16(13(2)25-24-12)10-23-19(27)9-18-20(28)22-6-7-26(18)11-14-4-5-15(29-3)8-17(14)21/h4-5,8,18H,6-7,9-11H2,1-3H3,(H,22,28)(H,23,27)(H,24,25)/t18-/m1/s1. The van der Waals surface area contributed by atoms with Gasteiger partial charge < -0.3 is 15.4 Å². The number of benzene rings is 1. The molecule has 0 spiro atoms. The molecule has 0 radical (unpaired) electrons. The summed E-state index contributed by atoms with van der Waals surface area (Å²) in [4.78, 5) is 26.7. The summed E-state index contributed by atoms with van der Waals surface area (Å²) in [5.41, 5.74) is 3.11. The molecule has 0 bridgehead atoms. The van der Waals surface area contributed by atoms with E-state index in [2.05, 4.69) is 20.8 Å². The van der Waals surface area contributed by atoms with Crippen LogP contribution in [0, 0.1) is 19.7 Å². The van der Waals surface area contributed by atoms with Crippen LogP contribution < -0.4 is 15.4 Å². The summed E-state index contributed by atoms with van der Waals surface area (Å²) in [7, 11) is 1.48. The van der Waals surface area contributed by atoms with Crippen LogP contribution in [-0.2, 0) is 22.7 Å². The minimum Gasteiger partial charge on any atom is -0.497 e. The van der Waals surface area contributed by atoms with Crippen LogP contribution in [0.2, 0.25) is 0 Å². The van der Waals surface area contributed by atoms with Crippen molar-refractivity contribution < 1.29 is 18.7 Å². The Morgan fingerprint density at radius 1 is 1.41 bits per heavy atom. The number of nitrogens with zero attached hydrogens (tertiary/aromatic N) is 2. The van der Waals surface area contributed by atoms with Gasteiger partial charge in [0.15, 0.2) is 0 Å². The summed E-state index contributed by atoms with van der Waals surface area (Å²) in [6.07, 6.45) is -0.000443. The SMILES string of the molecule is COc1ccc(CN2CCNC(=O)[C@H]2CC(=O)NCc2c(C)n[nH]c2C)c(F)c1. The summed E-state index contributed by atoms with van der Waals surface area (Å²) >= 11 is 0. The van der Waals surface area contributed by atoms with E-state index in [1.165, 1.54) is 13.2 Å². The number of hydrogen-bond acceptors (Lipinski definition) is 5. The number of piperazine rings is 1. The molecule has 2 heterocycles. The number of rotatable bonds is 7. The van der Waals surface area contributed by atoms with Crippen molar-refractivity contribution in [3.8, 4) is 5.75 Å². The maximum absolute atomic E-state index is 14.3. The first-order valence-electron chi connectivity index (χ1n) is 9.50. The Kier molecular flexibility index (Phi) is 6.48. The van der Waals surface area contributed by atoms with Gasteiger partial charge in [0.2, 0.25) is 11.8 Å². The third-order valence-corrected chi connectivity index (χ3v) is 5.20. The molecule has 3 N–H and O–H groups in total. The predicted molar refractivity (Wildman–Crippen MR) is 105 cm³/mol. The molecule has 1 fully saturated rings. The molecule has 0 aliphatic carbocycles. The molecule has 29 heavy (non-hydrogen) atoms. The molecule has 1 atom stereocenters. The Balaban J connectivity index is 1.65. The van der Waals surface area contributed by atoms with E-state index in [1.54, 1.807) is 12.1 Å². The van der Waals surface area contributed by atoms with E-state index in [0.29, 0.717) is 30.9 Å². The van der Waals surface area contributed by atoms with Crippen molar-refractivity contribution in [2.75, 3.05) is 20.2 Å². The average molecular weight is 403 g/mol. The van der Waals surface area contributed by atoms with Crippen molar-refractivity contribution in [1.82, 2.24) is 25.7 Å². The maximum atomic E-state index is 14.3. The highest BCUT2D eigenvalue weighted by molar-refractivity contribution is 5.88. The second-order valence-corrected chi connectivity index (χ2v) is 7.13. The molecule has 156 valence electrons. The Hall–Kier alpha value is -2.94. The molecule has 0 unspecified atom stereocenters. The smallest absolute Gasteiger partial charge is 0.237 e. The van der Waals surface area contributed by atoms with Crippen LogP contribution in [0.5, 0.6) is 5.75 Å². The lowest BCUT2D eigenvalue weighted by Crippen LogP contribution is -2.56. The van der Waals surface area contributed by atoms with Gasteiger partial charge in [-0.3, -0.25) is 19.6 Å². The molecule has 1 aliphatic rings. The topological polar surface area (TPSA) is 99.3 Å². The van der Waals surface area contributed by atoms with Crippen molar-refractivity contribution in [1.29, 1.82) is 0 Å². The van der Waals surface area contributed by atoms with Gasteiger partial charge in [-0.25, -0.2) is 4.39 Å². The number of nitrogens with one attached hydrogen (secondary N) is 3. The summed E-state index contributed by atoms with van der Waals surface area (Å²) in [6, 6.07) is 3.98. The number of carbonyl (C=O) groups is 2. The first-order chi connectivity index (χ1) is 13.9. The first kappa shape index (κ1) is 20.8. The number of aromatic amines is 1. The Morgan fingerprint density at radius 3 is 2.86 bits per heavy atom. The number of H-pyrrole nitrogens is 1. The molecule has 1 aliphatic heterocycles. The highest BCUT2D eigenvalue weighted by atomic mass is 19.1. The van der Waals surface area contributed by atoms with Crippen LogP contribution in [-0.4, -0.2) is 53.2 Å². The second kappa shape index (κ2) is 9.04. The van der Waals surface area contributed by atoms with Crippen molar-refractivity contribution in [2.45, 2.75) is 39.4 Å². The zero-order chi connectivity index (χ0) is 21.0. The minimum atomic E-state index is -0.656. The van der Waals surface area contributed by atoms with E-state index in [4.69, 9.17) is 4.74 Å². The van der Waals surface area contributed by atoms with Crippen LogP contribution in [0.15, 0.2) is 18.2 Å². The summed E-state index contributed by atoms with van der Waals surface area (Å²) in [5, 5.41) is 12.6. The maximum Gasteiger partial charge on any atom is 0.237 e. The van der Waals surface area contributed by atoms with Gasteiger partial charge in [0, 0.05) is 49.1 Å². The van der Waals surface area contributed by atoms with E-state index in [0.717, 1.165) is 17.0 Å². The molecule has 1 aromatic heterocycles. The molecular weight excluding hydrogens is 377 g/mol. The molecule has 1 aromatic carbocycles. The van der Waals surface area contributed by atoms with Crippen LogP contribution in [0.3, 0.4) is 0 Å². The Labute approximate surface area is 168 Å². The zero-order valence-corrected chi connectivity index (χ0v) is 16.8. The molecule has 1 saturated heterocycles. The normalized spacial score (nSPS) is 17.1. The fraction of sp³-hybridized carbons (Fsp3) is 0.450. The quantitative estimate of drug-likeness (QED) is 0.645. The van der Waals surface area contributed by atoms with Gasteiger partial charge in [-0.1, -0.05) is 6.07 Å². The van der Waals surface area contributed by atoms with Crippen LogP contribution >= 0.6 is 0 Å². The van der Waals surface area contributed by atoms with Gasteiger partial charge in [-0.05, 0) is 19.9 Å². The molecular formula is C20H26FN5O3. The van der Waals surface area contributed by atoms with Gasteiger partial charge in [-0.15, -0.1) is 0 Å². The van der Waals surface area contributed by atoms with Crippen molar-refractivity contribution >= 4 is 11.8 Å². The van der Waals surface area contributed by atoms with Crippen molar-refractivity contribution in [3.63, 3.8) is 0 Å². The largest absolute Gasteiger partial charge is 0.497 e. The number of methoxy groups -OCH3 is 1. The summed E-state index contributed by atoms with van der Waals surface area (Å²) in [6.45, 7) is 5.33. The molecule has 8 nitrogen and oxygen atoms in total. The lowest BCUT2D eigenvalue weighted by atomic mass is 10.1. The van der Waals surface area contributed by atoms with Gasteiger partial charge in [0.05, 0.1) is 25.3 Å².